The first-order chi connectivity index (χ1) is 8.49. The van der Waals surface area contributed by atoms with Gasteiger partial charge >= 0.3 is 5.97 Å². The van der Waals surface area contributed by atoms with E-state index < -0.39 is 18.1 Å². The van der Waals surface area contributed by atoms with Crippen molar-refractivity contribution in [3.8, 4) is 0 Å². The summed E-state index contributed by atoms with van der Waals surface area (Å²) in [5.41, 5.74) is 0. The van der Waals surface area contributed by atoms with Crippen LogP contribution in [0.25, 0.3) is 0 Å². The molecular formula is C12H20N2O4. The number of carboxylic acids is 1. The third-order valence-corrected chi connectivity index (χ3v) is 3.82. The fourth-order valence-corrected chi connectivity index (χ4v) is 2.88. The molecule has 2 unspecified atom stereocenters. The molecule has 0 aliphatic carbocycles. The van der Waals surface area contributed by atoms with E-state index in [9.17, 15) is 14.7 Å². The van der Waals surface area contributed by atoms with Crippen molar-refractivity contribution in [2.24, 2.45) is 5.92 Å². The molecule has 2 heterocycles. The minimum absolute atomic E-state index is 0.117. The van der Waals surface area contributed by atoms with Gasteiger partial charge in [0.25, 0.3) is 0 Å². The Morgan fingerprint density at radius 3 is 2.67 bits per heavy atom. The molecule has 0 aromatic rings. The van der Waals surface area contributed by atoms with Crippen LogP contribution in [0.15, 0.2) is 0 Å². The van der Waals surface area contributed by atoms with Crippen molar-refractivity contribution in [2.75, 3.05) is 13.1 Å². The van der Waals surface area contributed by atoms with Gasteiger partial charge in [-0.05, 0) is 26.3 Å². The van der Waals surface area contributed by atoms with Crippen molar-refractivity contribution in [1.29, 1.82) is 0 Å². The van der Waals surface area contributed by atoms with Crippen LogP contribution in [0.5, 0.6) is 0 Å². The molecule has 102 valence electrons. The van der Waals surface area contributed by atoms with Gasteiger partial charge in [0.2, 0.25) is 5.91 Å². The molecule has 0 aromatic heterocycles. The van der Waals surface area contributed by atoms with Crippen LogP contribution in [0.2, 0.25) is 0 Å². The number of piperidine rings is 1. The van der Waals surface area contributed by atoms with Gasteiger partial charge in [-0.25, -0.2) is 4.79 Å². The highest BCUT2D eigenvalue weighted by molar-refractivity contribution is 5.86. The molecule has 18 heavy (non-hydrogen) atoms. The van der Waals surface area contributed by atoms with E-state index in [0.29, 0.717) is 0 Å². The summed E-state index contributed by atoms with van der Waals surface area (Å²) in [6, 6.07) is -0.582. The number of carbonyl (C=O) groups is 2. The van der Waals surface area contributed by atoms with Crippen molar-refractivity contribution in [3.05, 3.63) is 0 Å². The summed E-state index contributed by atoms with van der Waals surface area (Å²) in [6.07, 6.45) is 0.899. The molecule has 3 N–H and O–H groups in total. The molecular weight excluding hydrogens is 236 g/mol. The van der Waals surface area contributed by atoms with E-state index in [-0.39, 0.29) is 30.8 Å². The lowest BCUT2D eigenvalue weighted by Gasteiger charge is -2.31. The number of likely N-dealkylation sites (tertiary alicyclic amines) is 1. The maximum atomic E-state index is 12.3. The number of nitrogens with zero attached hydrogens (tertiary/aromatic N) is 1. The Hall–Kier alpha value is -1.14. The lowest BCUT2D eigenvalue weighted by atomic mass is 9.92. The number of β-amino-alcohol motifs (C(OH)–C–C–N with tert-alkyl or cyclic N) is 1. The van der Waals surface area contributed by atoms with Crippen LogP contribution >= 0.6 is 0 Å². The molecule has 2 saturated heterocycles. The summed E-state index contributed by atoms with van der Waals surface area (Å²) in [5, 5.41) is 21.9. The average molecular weight is 256 g/mol. The Kier molecular flexibility index (Phi) is 3.87. The second-order valence-corrected chi connectivity index (χ2v) is 5.31. The molecule has 0 spiro atoms. The zero-order valence-electron chi connectivity index (χ0n) is 10.5. The van der Waals surface area contributed by atoms with Crippen LogP contribution in [-0.2, 0) is 9.59 Å². The Labute approximate surface area is 106 Å². The fraction of sp³-hybridized carbons (Fsp3) is 0.833. The van der Waals surface area contributed by atoms with Crippen LogP contribution in [0.1, 0.15) is 26.2 Å². The van der Waals surface area contributed by atoms with Gasteiger partial charge in [0.05, 0.1) is 6.10 Å². The molecule has 2 aliphatic heterocycles. The highest BCUT2D eigenvalue weighted by Crippen LogP contribution is 2.25. The molecule has 1 amide bonds. The third-order valence-electron chi connectivity index (χ3n) is 3.82. The largest absolute Gasteiger partial charge is 0.480 e. The maximum absolute atomic E-state index is 12.3. The Morgan fingerprint density at radius 2 is 2.06 bits per heavy atom. The van der Waals surface area contributed by atoms with Crippen LogP contribution < -0.4 is 5.32 Å². The van der Waals surface area contributed by atoms with E-state index >= 15 is 0 Å². The Balaban J connectivity index is 2.05. The average Bonchev–Trinajstić information content (AvgIpc) is 2.70. The van der Waals surface area contributed by atoms with E-state index in [4.69, 9.17) is 5.11 Å². The third kappa shape index (κ3) is 2.64. The molecule has 0 radical (unpaired) electrons. The van der Waals surface area contributed by atoms with Crippen LogP contribution in [-0.4, -0.2) is 58.3 Å². The number of rotatable bonds is 2. The molecule has 0 aromatic carbocycles. The molecule has 0 bridgehead atoms. The lowest BCUT2D eigenvalue weighted by molar-refractivity contribution is -0.150. The van der Waals surface area contributed by atoms with Crippen LogP contribution in [0.4, 0.5) is 0 Å². The van der Waals surface area contributed by atoms with E-state index in [2.05, 4.69) is 5.32 Å². The summed E-state index contributed by atoms with van der Waals surface area (Å²) in [4.78, 5) is 24.8. The number of carbonyl (C=O) groups excluding carboxylic acids is 1. The first-order valence-electron chi connectivity index (χ1n) is 6.43. The molecule has 2 aliphatic rings. The number of amides is 1. The van der Waals surface area contributed by atoms with E-state index in [1.165, 1.54) is 4.90 Å². The van der Waals surface area contributed by atoms with Gasteiger partial charge in [-0.15, -0.1) is 0 Å². The maximum Gasteiger partial charge on any atom is 0.326 e. The van der Waals surface area contributed by atoms with E-state index in [1.807, 2.05) is 6.92 Å². The number of hydrogen-bond acceptors (Lipinski definition) is 4. The highest BCUT2D eigenvalue weighted by Gasteiger charge is 2.41. The number of aliphatic hydroxyl groups excluding tert-OH is 1. The summed E-state index contributed by atoms with van der Waals surface area (Å²) >= 11 is 0. The number of aliphatic carboxylic acids is 1. The molecule has 2 rings (SSSR count). The second kappa shape index (κ2) is 5.24. The van der Waals surface area contributed by atoms with Gasteiger partial charge in [0.15, 0.2) is 0 Å². The number of hydrogen-bond donors (Lipinski definition) is 3. The summed E-state index contributed by atoms with van der Waals surface area (Å²) in [7, 11) is 0. The standard InChI is InChI=1S/C12H20N2O4/c1-7-4-8(2-3-13-7)11(16)14-6-9(15)5-10(14)12(17)18/h7-10,13,15H,2-6H2,1H3,(H,17,18)/t7?,8?,9-,10+/m1/s1. The second-order valence-electron chi connectivity index (χ2n) is 5.31. The van der Waals surface area contributed by atoms with Crippen molar-refractivity contribution < 1.29 is 19.8 Å². The van der Waals surface area contributed by atoms with E-state index in [0.717, 1.165) is 19.4 Å². The van der Waals surface area contributed by atoms with Crippen LogP contribution in [0, 0.1) is 5.92 Å². The normalized spacial score (nSPS) is 36.7. The molecule has 6 heteroatoms. The summed E-state index contributed by atoms with van der Waals surface area (Å²) in [5.74, 6) is -1.26. The van der Waals surface area contributed by atoms with Gasteiger partial charge in [-0.2, -0.15) is 0 Å². The smallest absolute Gasteiger partial charge is 0.326 e. The van der Waals surface area contributed by atoms with Crippen molar-refractivity contribution in [1.82, 2.24) is 10.2 Å². The first-order valence-corrected chi connectivity index (χ1v) is 6.43. The molecule has 6 nitrogen and oxygen atoms in total. The Morgan fingerprint density at radius 1 is 1.33 bits per heavy atom. The molecule has 4 atom stereocenters. The number of aliphatic hydroxyl groups is 1. The molecule has 0 saturated carbocycles. The fourth-order valence-electron chi connectivity index (χ4n) is 2.88. The number of carboxylic acid groups (broad SMARTS) is 1. The first kappa shape index (κ1) is 13.3. The van der Waals surface area contributed by atoms with Crippen molar-refractivity contribution in [3.63, 3.8) is 0 Å². The van der Waals surface area contributed by atoms with Gasteiger partial charge in [-0.3, -0.25) is 4.79 Å². The van der Waals surface area contributed by atoms with Gasteiger partial charge in [0, 0.05) is 24.9 Å². The minimum Gasteiger partial charge on any atom is -0.480 e. The summed E-state index contributed by atoms with van der Waals surface area (Å²) in [6.45, 7) is 2.95. The van der Waals surface area contributed by atoms with Crippen molar-refractivity contribution in [2.45, 2.75) is 44.4 Å². The predicted octanol–water partition coefficient (Wildman–Crippen LogP) is -0.579. The zero-order chi connectivity index (χ0) is 13.3. The predicted molar refractivity (Wildman–Crippen MR) is 63.9 cm³/mol. The van der Waals surface area contributed by atoms with Gasteiger partial charge < -0.3 is 20.4 Å². The van der Waals surface area contributed by atoms with E-state index in [1.54, 1.807) is 0 Å². The zero-order valence-corrected chi connectivity index (χ0v) is 10.5. The molecule has 2 fully saturated rings. The van der Waals surface area contributed by atoms with Gasteiger partial charge in [-0.1, -0.05) is 0 Å². The lowest BCUT2D eigenvalue weighted by Crippen LogP contribution is -2.47. The minimum atomic E-state index is -1.03. The van der Waals surface area contributed by atoms with Crippen molar-refractivity contribution >= 4 is 11.9 Å². The Bertz CT molecular complexity index is 347. The van der Waals surface area contributed by atoms with Gasteiger partial charge in [0.1, 0.15) is 6.04 Å². The topological polar surface area (TPSA) is 89.9 Å². The monoisotopic (exact) mass is 256 g/mol. The quantitative estimate of drug-likeness (QED) is 0.615. The number of nitrogens with one attached hydrogen (secondary N) is 1. The highest BCUT2D eigenvalue weighted by atomic mass is 16.4. The summed E-state index contributed by atoms with van der Waals surface area (Å²) < 4.78 is 0. The SMILES string of the molecule is CC1CC(C(=O)N2C[C@H](O)C[C@H]2C(=O)O)CCN1. The van der Waals surface area contributed by atoms with Crippen LogP contribution in [0.3, 0.4) is 0 Å².